The molecule has 0 fully saturated rings. The molecule has 0 bridgehead atoms. The van der Waals surface area contributed by atoms with E-state index in [1.807, 2.05) is 0 Å². The van der Waals surface area contributed by atoms with Gasteiger partial charge in [-0.05, 0) is 81.2 Å². The minimum Gasteiger partial charge on any atom is -0.454 e. The van der Waals surface area contributed by atoms with E-state index in [1.165, 1.54) is 70.0 Å². The van der Waals surface area contributed by atoms with Crippen LogP contribution >= 0.6 is 7.53 Å². The number of hydrogen-bond acceptors (Lipinski definition) is 2. The lowest BCUT2D eigenvalue weighted by Gasteiger charge is -2.28. The predicted octanol–water partition coefficient (Wildman–Crippen LogP) is 14.8. The van der Waals surface area contributed by atoms with Crippen molar-refractivity contribution in [2.45, 2.75) is 6.92 Å². The zero-order valence-corrected chi connectivity index (χ0v) is 29.5. The predicted molar refractivity (Wildman–Crippen MR) is 223 cm³/mol. The Balaban J connectivity index is 1.39. The lowest BCUT2D eigenvalue weighted by molar-refractivity contribution is 0.648. The van der Waals surface area contributed by atoms with Gasteiger partial charge in [0.15, 0.2) is 0 Å². The Morgan fingerprint density at radius 2 is 1.13 bits per heavy atom. The monoisotopic (exact) mass is 693 g/mol. The summed E-state index contributed by atoms with van der Waals surface area (Å²) in [7, 11) is -1.08. The van der Waals surface area contributed by atoms with Gasteiger partial charge in [0, 0.05) is 27.3 Å². The third-order valence-electron chi connectivity index (χ3n) is 11.7. The number of benzene rings is 9. The number of aryl methyl sites for hydroxylation is 1. The molecule has 1 unspecified atom stereocenters. The van der Waals surface area contributed by atoms with Gasteiger partial charge in [0.1, 0.15) is 22.3 Å². The van der Waals surface area contributed by atoms with Crippen LogP contribution < -0.4 is 0 Å². The molecule has 3 nitrogen and oxygen atoms in total. The molecule has 0 aliphatic carbocycles. The minimum absolute atomic E-state index is 0.883. The van der Waals surface area contributed by atoms with Crippen LogP contribution in [0.2, 0.25) is 0 Å². The number of hydrogen-bond donors (Lipinski definition) is 0. The molecule has 246 valence electrons. The van der Waals surface area contributed by atoms with E-state index >= 15 is 0 Å². The molecular weight excluding hydrogens is 666 g/mol. The minimum atomic E-state index is -1.08. The summed E-state index contributed by atoms with van der Waals surface area (Å²) in [6.07, 6.45) is 0. The van der Waals surface area contributed by atoms with Gasteiger partial charge in [-0.15, -0.1) is 0 Å². The molecule has 1 atom stereocenters. The molecule has 11 aromatic rings. The van der Waals surface area contributed by atoms with E-state index in [2.05, 4.69) is 163 Å². The van der Waals surface area contributed by atoms with Crippen LogP contribution in [0.25, 0.3) is 120 Å². The summed E-state index contributed by atoms with van der Waals surface area (Å²) in [6.45, 7) is 2.23. The molecule has 0 spiro atoms. The largest absolute Gasteiger partial charge is 0.454 e. The van der Waals surface area contributed by atoms with Crippen LogP contribution in [0.1, 0.15) is 5.56 Å². The Morgan fingerprint density at radius 3 is 1.87 bits per heavy atom. The van der Waals surface area contributed by atoms with E-state index in [9.17, 15) is 0 Å². The Morgan fingerprint density at radius 1 is 0.491 bits per heavy atom. The van der Waals surface area contributed by atoms with Crippen LogP contribution in [0.4, 0.5) is 0 Å². The second-order valence-electron chi connectivity index (χ2n) is 14.5. The molecule has 9 aromatic carbocycles. The van der Waals surface area contributed by atoms with Gasteiger partial charge < -0.3 is 13.2 Å². The number of fused-ring (bicyclic) bond motifs is 2. The van der Waals surface area contributed by atoms with Gasteiger partial charge in [-0.3, -0.25) is 0 Å². The highest BCUT2D eigenvalue weighted by atomic mass is 31.1. The molecule has 13 rings (SSSR count). The van der Waals surface area contributed by atoms with Crippen LogP contribution in [0.3, 0.4) is 0 Å². The highest BCUT2D eigenvalue weighted by molar-refractivity contribution is 7.69. The van der Waals surface area contributed by atoms with Crippen molar-refractivity contribution < 1.29 is 8.83 Å². The summed E-state index contributed by atoms with van der Waals surface area (Å²) in [4.78, 5) is 0. The number of rotatable bonds is 3. The van der Waals surface area contributed by atoms with Crippen LogP contribution in [-0.4, -0.2) is 4.40 Å². The fourth-order valence-electron chi connectivity index (χ4n) is 9.50. The van der Waals surface area contributed by atoms with E-state index in [0.717, 1.165) is 55.7 Å². The first kappa shape index (κ1) is 28.1. The first-order chi connectivity index (χ1) is 26.2. The first-order valence-corrected chi connectivity index (χ1v) is 19.5. The van der Waals surface area contributed by atoms with Gasteiger partial charge in [-0.1, -0.05) is 129 Å². The summed E-state index contributed by atoms with van der Waals surface area (Å²) in [6, 6.07) is 55.2. The SMILES string of the molecule is Cc1ccc2c3c1ccc1ccc4c(-c5ccccc5)c5oc6cc(-c7ccccc7)cc7oc8c(-c9ccccc9)ccc9c8p(c5c(c4c13)n29)-c76. The van der Waals surface area contributed by atoms with Crippen molar-refractivity contribution in [3.05, 3.63) is 157 Å². The van der Waals surface area contributed by atoms with Gasteiger partial charge >= 0.3 is 0 Å². The molecule has 4 heterocycles. The summed E-state index contributed by atoms with van der Waals surface area (Å²) in [5.41, 5.74) is 15.4. The Kier molecular flexibility index (Phi) is 5.23. The zero-order valence-electron chi connectivity index (χ0n) is 28.6. The molecule has 2 aliphatic rings. The maximum atomic E-state index is 7.40. The van der Waals surface area contributed by atoms with Gasteiger partial charge in [-0.25, -0.2) is 0 Å². The van der Waals surface area contributed by atoms with Crippen LogP contribution in [0.5, 0.6) is 0 Å². The average molecular weight is 694 g/mol. The zero-order chi connectivity index (χ0) is 34.5. The average Bonchev–Trinajstić information content (AvgIpc) is 3.21. The molecule has 2 aromatic heterocycles. The van der Waals surface area contributed by atoms with Crippen LogP contribution in [-0.2, 0) is 0 Å². The maximum absolute atomic E-state index is 7.40. The summed E-state index contributed by atoms with van der Waals surface area (Å²) < 4.78 is 17.2. The second-order valence-corrected chi connectivity index (χ2v) is 16.5. The quantitative estimate of drug-likeness (QED) is 0.136. The fourth-order valence-corrected chi connectivity index (χ4v) is 12.4. The molecule has 0 saturated carbocycles. The van der Waals surface area contributed by atoms with Crippen molar-refractivity contribution in [1.82, 2.24) is 4.40 Å². The molecular formula is C49H28NO2P. The van der Waals surface area contributed by atoms with E-state index in [0.29, 0.717) is 0 Å². The molecule has 0 radical (unpaired) electrons. The Hall–Kier alpha value is -6.54. The van der Waals surface area contributed by atoms with E-state index in [1.54, 1.807) is 0 Å². The molecule has 0 amide bonds. The van der Waals surface area contributed by atoms with E-state index < -0.39 is 7.53 Å². The fraction of sp³-hybridized carbons (Fsp3) is 0.0204. The summed E-state index contributed by atoms with van der Waals surface area (Å²) in [5, 5.41) is 11.5. The normalized spacial score (nSPS) is 13.0. The molecule has 0 saturated heterocycles. The third-order valence-corrected chi connectivity index (χ3v) is 14.4. The smallest absolute Gasteiger partial charge is 0.149 e. The van der Waals surface area contributed by atoms with E-state index in [4.69, 9.17) is 8.83 Å². The highest BCUT2D eigenvalue weighted by Gasteiger charge is 2.33. The summed E-state index contributed by atoms with van der Waals surface area (Å²) in [5.74, 6) is 0. The van der Waals surface area contributed by atoms with Crippen molar-refractivity contribution in [2.75, 3.05) is 0 Å². The van der Waals surface area contributed by atoms with Crippen LogP contribution in [0.15, 0.2) is 160 Å². The van der Waals surface area contributed by atoms with Crippen molar-refractivity contribution in [3.63, 3.8) is 0 Å². The van der Waals surface area contributed by atoms with Gasteiger partial charge in [0.2, 0.25) is 0 Å². The second kappa shape index (κ2) is 9.86. The molecule has 53 heavy (non-hydrogen) atoms. The highest BCUT2D eigenvalue weighted by Crippen LogP contribution is 2.65. The molecule has 0 N–H and O–H groups in total. The third kappa shape index (κ3) is 3.46. The van der Waals surface area contributed by atoms with Crippen molar-refractivity contribution in [3.8, 4) is 38.7 Å². The topological polar surface area (TPSA) is 30.7 Å². The first-order valence-electron chi connectivity index (χ1n) is 18.2. The van der Waals surface area contributed by atoms with E-state index in [-0.39, 0.29) is 0 Å². The Bertz CT molecular complexity index is 3550. The van der Waals surface area contributed by atoms with Crippen LogP contribution in [0, 0.1) is 6.92 Å². The standard InChI is InChI=1S/C49H28NO2P/c1-27-17-23-36-42-33(27)20-18-31-19-21-35-40(30-15-9-4-10-16-30)46-49-44(43(35)41(31)42)50(36)37-24-22-34(29-13-7-3-8-14-29)45-47(37)53(49)48-38(51-45)25-32(26-39(48)52-46)28-11-5-2-6-12-28/h2-26H,1H3. The van der Waals surface area contributed by atoms with Crippen molar-refractivity contribution in [2.24, 2.45) is 0 Å². The number of pyridine rings is 1. The Labute approximate surface area is 304 Å². The molecule has 2 aliphatic heterocycles. The van der Waals surface area contributed by atoms with Crippen molar-refractivity contribution in [1.29, 1.82) is 0 Å². The number of aromatic nitrogens is 1. The van der Waals surface area contributed by atoms with Crippen molar-refractivity contribution >= 4 is 89.0 Å². The van der Waals surface area contributed by atoms with Gasteiger partial charge in [0.25, 0.3) is 0 Å². The van der Waals surface area contributed by atoms with Gasteiger partial charge in [0.05, 0.1) is 32.1 Å². The number of nitrogens with zero attached hydrogens (tertiary/aromatic N) is 1. The van der Waals surface area contributed by atoms with Gasteiger partial charge in [-0.2, -0.15) is 0 Å². The lowest BCUT2D eigenvalue weighted by Crippen LogP contribution is -2.03. The maximum Gasteiger partial charge on any atom is 0.149 e. The molecule has 4 heteroatoms. The lowest BCUT2D eigenvalue weighted by atomic mass is 9.88. The summed E-state index contributed by atoms with van der Waals surface area (Å²) >= 11 is 0.